The fourth-order valence-corrected chi connectivity index (χ4v) is 4.71. The van der Waals surface area contributed by atoms with Crippen molar-refractivity contribution in [1.29, 1.82) is 0 Å². The van der Waals surface area contributed by atoms with Gasteiger partial charge in [-0.05, 0) is 31.0 Å². The van der Waals surface area contributed by atoms with Gasteiger partial charge in [0.15, 0.2) is 17.8 Å². The van der Waals surface area contributed by atoms with Crippen molar-refractivity contribution < 1.29 is 23.7 Å². The van der Waals surface area contributed by atoms with E-state index in [9.17, 15) is 0 Å². The second kappa shape index (κ2) is 5.71. The van der Waals surface area contributed by atoms with Crippen LogP contribution in [0.2, 0.25) is 0 Å². The summed E-state index contributed by atoms with van der Waals surface area (Å²) in [4.78, 5) is 0. The van der Waals surface area contributed by atoms with Crippen molar-refractivity contribution in [1.82, 2.24) is 5.32 Å². The lowest BCUT2D eigenvalue weighted by atomic mass is 9.65. The van der Waals surface area contributed by atoms with Crippen LogP contribution < -0.4 is 14.8 Å². The van der Waals surface area contributed by atoms with Gasteiger partial charge in [0, 0.05) is 31.9 Å². The summed E-state index contributed by atoms with van der Waals surface area (Å²) in [7, 11) is 1.76. The molecule has 1 N–H and O–H groups in total. The lowest BCUT2D eigenvalue weighted by Gasteiger charge is -2.46. The number of benzene rings is 1. The van der Waals surface area contributed by atoms with E-state index in [1.54, 1.807) is 7.11 Å². The zero-order valence-electron chi connectivity index (χ0n) is 14.5. The van der Waals surface area contributed by atoms with Crippen molar-refractivity contribution in [3.05, 3.63) is 35.4 Å². The van der Waals surface area contributed by atoms with Gasteiger partial charge in [-0.2, -0.15) is 0 Å². The molecule has 3 heterocycles. The van der Waals surface area contributed by atoms with Gasteiger partial charge in [0.2, 0.25) is 6.79 Å². The summed E-state index contributed by atoms with van der Waals surface area (Å²) in [6.45, 7) is 3.64. The van der Waals surface area contributed by atoms with Crippen LogP contribution in [0.1, 0.15) is 30.8 Å². The van der Waals surface area contributed by atoms with Crippen LogP contribution in [0.15, 0.2) is 24.3 Å². The Balaban J connectivity index is 1.68. The fraction of sp³-hybridized carbons (Fsp3) is 0.579. The first-order chi connectivity index (χ1) is 12.3. The quantitative estimate of drug-likeness (QED) is 0.846. The Morgan fingerprint density at radius 2 is 2.12 bits per heavy atom. The molecule has 3 aliphatic heterocycles. The van der Waals surface area contributed by atoms with Crippen LogP contribution in [-0.2, 0) is 19.6 Å². The lowest BCUT2D eigenvalue weighted by molar-refractivity contribution is -0.189. The van der Waals surface area contributed by atoms with E-state index in [1.807, 2.05) is 13.0 Å². The molecule has 1 aromatic rings. The maximum atomic E-state index is 6.39. The molecule has 25 heavy (non-hydrogen) atoms. The van der Waals surface area contributed by atoms with Crippen LogP contribution in [0.4, 0.5) is 0 Å². The molecule has 1 aromatic carbocycles. The minimum absolute atomic E-state index is 0.0241. The van der Waals surface area contributed by atoms with Gasteiger partial charge in [0.1, 0.15) is 0 Å². The molecule has 4 aliphatic rings. The van der Waals surface area contributed by atoms with Crippen molar-refractivity contribution in [2.75, 3.05) is 27.1 Å². The van der Waals surface area contributed by atoms with Gasteiger partial charge >= 0.3 is 0 Å². The topological polar surface area (TPSA) is 58.2 Å². The van der Waals surface area contributed by atoms with E-state index >= 15 is 0 Å². The first-order valence-electron chi connectivity index (χ1n) is 8.93. The molecule has 6 heteroatoms. The van der Waals surface area contributed by atoms with E-state index in [2.05, 4.69) is 23.5 Å². The summed E-state index contributed by atoms with van der Waals surface area (Å²) in [5, 5.41) is 3.64. The summed E-state index contributed by atoms with van der Waals surface area (Å²) < 4.78 is 29.1. The second-order valence-corrected chi connectivity index (χ2v) is 6.97. The number of hydrogen-bond donors (Lipinski definition) is 1. The summed E-state index contributed by atoms with van der Waals surface area (Å²) >= 11 is 0. The first-order valence-corrected chi connectivity index (χ1v) is 8.93. The third kappa shape index (κ3) is 2.11. The summed E-state index contributed by atoms with van der Waals surface area (Å²) in [6, 6.07) is 4.40. The minimum Gasteiger partial charge on any atom is -0.454 e. The highest BCUT2D eigenvalue weighted by Crippen LogP contribution is 2.53. The minimum atomic E-state index is -0.376. The van der Waals surface area contributed by atoms with Crippen LogP contribution in [0.25, 0.3) is 0 Å². The lowest BCUT2D eigenvalue weighted by Crippen LogP contribution is -2.52. The molecule has 0 amide bonds. The second-order valence-electron chi connectivity index (χ2n) is 6.97. The van der Waals surface area contributed by atoms with E-state index in [4.69, 9.17) is 23.7 Å². The zero-order valence-corrected chi connectivity index (χ0v) is 14.5. The Labute approximate surface area is 147 Å². The van der Waals surface area contributed by atoms with E-state index in [0.717, 1.165) is 30.0 Å². The molecule has 1 saturated heterocycles. The van der Waals surface area contributed by atoms with Gasteiger partial charge in [-0.15, -0.1) is 0 Å². The number of hydrogen-bond acceptors (Lipinski definition) is 6. The van der Waals surface area contributed by atoms with Crippen LogP contribution in [0.3, 0.4) is 0 Å². The molecule has 0 aromatic heterocycles. The maximum absolute atomic E-state index is 6.39. The Hall–Kier alpha value is -1.60. The standard InChI is InChI=1S/C19H23NO5/c1-3-22-18-12-7-14-15(24-10-23-14)8-13(12)19-5-4-11(21-2)6-16(19)20-9-17(19)25-18/h4-5,7-8,11,16-18,20H,3,6,9-10H2,1-2H3/t11-,16-,17+,18+,19+/m1/s1. The molecule has 1 fully saturated rings. The number of nitrogens with one attached hydrogen (secondary N) is 1. The Kier molecular flexibility index (Phi) is 3.57. The molecule has 6 nitrogen and oxygen atoms in total. The molecule has 5 rings (SSSR count). The highest BCUT2D eigenvalue weighted by Gasteiger charge is 2.57. The average molecular weight is 345 g/mol. The SMILES string of the molecule is CCO[C@H]1O[C@H]2CN[C@@H]3C[C@H](OC)C=C[C@@]23c2cc3c(cc21)OCO3. The molecule has 134 valence electrons. The molecule has 5 atom stereocenters. The van der Waals surface area contributed by atoms with Gasteiger partial charge < -0.3 is 29.0 Å². The Bertz CT molecular complexity index is 720. The summed E-state index contributed by atoms with van der Waals surface area (Å²) in [6.07, 6.45) is 5.12. The molecule has 0 bridgehead atoms. The van der Waals surface area contributed by atoms with Gasteiger partial charge in [-0.1, -0.05) is 12.2 Å². The molecule has 1 spiro atoms. The normalized spacial score (nSPS) is 37.5. The van der Waals surface area contributed by atoms with E-state index in [0.29, 0.717) is 6.61 Å². The predicted molar refractivity (Wildman–Crippen MR) is 89.8 cm³/mol. The zero-order chi connectivity index (χ0) is 17.0. The number of rotatable bonds is 3. The fourth-order valence-electron chi connectivity index (χ4n) is 4.71. The van der Waals surface area contributed by atoms with Crippen molar-refractivity contribution in [2.24, 2.45) is 0 Å². The first kappa shape index (κ1) is 15.6. The third-order valence-corrected chi connectivity index (χ3v) is 5.89. The van der Waals surface area contributed by atoms with Gasteiger partial charge in [-0.3, -0.25) is 0 Å². The van der Waals surface area contributed by atoms with Gasteiger partial charge in [-0.25, -0.2) is 0 Å². The number of fused-ring (bicyclic) bond motifs is 2. The monoisotopic (exact) mass is 345 g/mol. The molecule has 0 saturated carbocycles. The Morgan fingerprint density at radius 1 is 1.28 bits per heavy atom. The highest BCUT2D eigenvalue weighted by molar-refractivity contribution is 5.56. The number of methoxy groups -OCH3 is 1. The molecule has 0 unspecified atom stereocenters. The van der Waals surface area contributed by atoms with E-state index in [1.165, 1.54) is 5.56 Å². The molecular formula is C19H23NO5. The molecule has 0 radical (unpaired) electrons. The van der Waals surface area contributed by atoms with Crippen molar-refractivity contribution in [3.63, 3.8) is 0 Å². The van der Waals surface area contributed by atoms with Crippen LogP contribution in [-0.4, -0.2) is 45.3 Å². The third-order valence-electron chi connectivity index (χ3n) is 5.89. The smallest absolute Gasteiger partial charge is 0.231 e. The predicted octanol–water partition coefficient (Wildman–Crippen LogP) is 2.03. The van der Waals surface area contributed by atoms with Crippen LogP contribution in [0.5, 0.6) is 11.5 Å². The van der Waals surface area contributed by atoms with Crippen LogP contribution >= 0.6 is 0 Å². The molecular weight excluding hydrogens is 322 g/mol. The van der Waals surface area contributed by atoms with E-state index in [-0.39, 0.29) is 36.7 Å². The van der Waals surface area contributed by atoms with E-state index < -0.39 is 0 Å². The van der Waals surface area contributed by atoms with Crippen molar-refractivity contribution in [2.45, 2.75) is 43.3 Å². The van der Waals surface area contributed by atoms with Crippen LogP contribution in [0, 0.1) is 0 Å². The highest BCUT2D eigenvalue weighted by atomic mass is 16.7. The summed E-state index contributed by atoms with van der Waals surface area (Å²) in [5.74, 6) is 1.57. The average Bonchev–Trinajstić information content (AvgIpc) is 3.24. The maximum Gasteiger partial charge on any atom is 0.231 e. The summed E-state index contributed by atoms with van der Waals surface area (Å²) in [5.41, 5.74) is 2.03. The van der Waals surface area contributed by atoms with Gasteiger partial charge in [0.05, 0.1) is 17.6 Å². The largest absolute Gasteiger partial charge is 0.454 e. The van der Waals surface area contributed by atoms with Crippen molar-refractivity contribution in [3.8, 4) is 11.5 Å². The number of ether oxygens (including phenoxy) is 5. The van der Waals surface area contributed by atoms with Gasteiger partial charge in [0.25, 0.3) is 0 Å². The Morgan fingerprint density at radius 3 is 2.92 bits per heavy atom. The molecule has 1 aliphatic carbocycles. The van der Waals surface area contributed by atoms with Crippen molar-refractivity contribution >= 4 is 0 Å².